The summed E-state index contributed by atoms with van der Waals surface area (Å²) in [6.45, 7) is 1.54. The van der Waals surface area contributed by atoms with Crippen molar-refractivity contribution in [3.8, 4) is 0 Å². The van der Waals surface area contributed by atoms with Gasteiger partial charge in [0.15, 0.2) is 0 Å². The van der Waals surface area contributed by atoms with Crippen molar-refractivity contribution in [1.29, 1.82) is 0 Å². The average Bonchev–Trinajstić information content (AvgIpc) is 2.59. The van der Waals surface area contributed by atoms with Crippen LogP contribution in [0.2, 0.25) is 0 Å². The first-order valence-corrected chi connectivity index (χ1v) is 7.88. The van der Waals surface area contributed by atoms with Crippen LogP contribution in [0.1, 0.15) is 0 Å². The molecule has 0 radical (unpaired) electrons. The van der Waals surface area contributed by atoms with E-state index in [4.69, 9.17) is 5.73 Å². The van der Waals surface area contributed by atoms with Gasteiger partial charge in [0.2, 0.25) is 11.6 Å². The van der Waals surface area contributed by atoms with Crippen molar-refractivity contribution >= 4 is 22.9 Å². The summed E-state index contributed by atoms with van der Waals surface area (Å²) < 4.78 is 0. The maximum absolute atomic E-state index is 12.2. The van der Waals surface area contributed by atoms with Crippen molar-refractivity contribution < 1.29 is 9.59 Å². The number of carbonyl (C=O) groups excluding carboxylic acids is 2. The molecule has 0 spiro atoms. The smallest absolute Gasteiger partial charge is 0.204 e. The van der Waals surface area contributed by atoms with E-state index in [0.29, 0.717) is 31.0 Å². The lowest BCUT2D eigenvalue weighted by Gasteiger charge is -2.22. The molecule has 0 unspecified atom stereocenters. The fraction of sp³-hybridized carbons (Fsp3) is 0.294. The molecule has 0 amide bonds. The van der Waals surface area contributed by atoms with E-state index >= 15 is 0 Å². The van der Waals surface area contributed by atoms with Crippen LogP contribution in [0.5, 0.6) is 0 Å². The second-order valence-corrected chi connectivity index (χ2v) is 5.51. The van der Waals surface area contributed by atoms with E-state index in [1.165, 1.54) is 12.2 Å². The van der Waals surface area contributed by atoms with Gasteiger partial charge in [-0.15, -0.1) is 0 Å². The lowest BCUT2D eigenvalue weighted by Crippen LogP contribution is -2.31. The molecule has 132 valence electrons. The number of carbonyl (C=O) groups is 2. The number of ketones is 2. The Balaban J connectivity index is 2.01. The first-order valence-electron chi connectivity index (χ1n) is 7.88. The van der Waals surface area contributed by atoms with Gasteiger partial charge in [0, 0.05) is 50.2 Å². The van der Waals surface area contributed by atoms with Gasteiger partial charge in [-0.2, -0.15) is 4.91 Å². The number of benzene rings is 1. The minimum Gasteiger partial charge on any atom is -0.383 e. The number of likely N-dealkylation sites (N-methyl/N-ethyl adjacent to an activating group) is 1. The maximum Gasteiger partial charge on any atom is 0.204 e. The fourth-order valence-electron chi connectivity index (χ4n) is 2.33. The van der Waals surface area contributed by atoms with Crippen molar-refractivity contribution in [2.24, 2.45) is 10.9 Å². The number of rotatable bonds is 9. The molecule has 0 aliphatic heterocycles. The van der Waals surface area contributed by atoms with Crippen LogP contribution in [0.3, 0.4) is 0 Å². The minimum absolute atomic E-state index is 0.191. The van der Waals surface area contributed by atoms with Gasteiger partial charge >= 0.3 is 0 Å². The van der Waals surface area contributed by atoms with E-state index in [1.54, 1.807) is 36.2 Å². The molecule has 1 aromatic rings. The normalized spacial score (nSPS) is 13.8. The highest BCUT2D eigenvalue weighted by atomic mass is 16.3. The number of nitrogens with one attached hydrogen (secondary N) is 2. The number of hydrogen-bond acceptors (Lipinski definition) is 8. The second-order valence-electron chi connectivity index (χ2n) is 5.51. The number of nitrogens with zero attached hydrogens (tertiary/aromatic N) is 2. The highest BCUT2D eigenvalue weighted by molar-refractivity contribution is 6.20. The molecule has 8 heteroatoms. The Morgan fingerprint density at radius 2 is 1.76 bits per heavy atom. The Labute approximate surface area is 145 Å². The van der Waals surface area contributed by atoms with Crippen LogP contribution < -0.4 is 16.4 Å². The van der Waals surface area contributed by atoms with Crippen LogP contribution in [-0.2, 0) is 9.59 Å². The quantitative estimate of drug-likeness (QED) is 0.349. The lowest BCUT2D eigenvalue weighted by molar-refractivity contribution is -0.116. The van der Waals surface area contributed by atoms with Crippen LogP contribution in [0, 0.1) is 4.91 Å². The number of anilines is 2. The highest BCUT2D eigenvalue weighted by Gasteiger charge is 2.22. The Morgan fingerprint density at radius 3 is 2.40 bits per heavy atom. The van der Waals surface area contributed by atoms with E-state index in [0.717, 1.165) is 5.69 Å². The monoisotopic (exact) mass is 343 g/mol. The molecule has 4 N–H and O–H groups in total. The molecule has 1 aromatic carbocycles. The summed E-state index contributed by atoms with van der Waals surface area (Å²) in [5.74, 6) is -0.504. The molecule has 8 nitrogen and oxygen atoms in total. The summed E-state index contributed by atoms with van der Waals surface area (Å²) in [7, 11) is 1.72. The number of hydrogen-bond donors (Lipinski definition) is 3. The van der Waals surface area contributed by atoms with Gasteiger partial charge in [0.25, 0.3) is 0 Å². The molecule has 0 aromatic heterocycles. The van der Waals surface area contributed by atoms with Gasteiger partial charge < -0.3 is 21.3 Å². The Morgan fingerprint density at radius 1 is 1.08 bits per heavy atom. The molecular weight excluding hydrogens is 322 g/mol. The Kier molecular flexibility index (Phi) is 6.41. The first-order chi connectivity index (χ1) is 12.0. The topological polar surface area (TPSA) is 117 Å². The zero-order valence-corrected chi connectivity index (χ0v) is 14.0. The molecule has 0 saturated carbocycles. The summed E-state index contributed by atoms with van der Waals surface area (Å²) in [5, 5.41) is 8.77. The standard InChI is InChI=1S/C17H21N5O3/c1-22(9-6-18)15-11-16(23)14(10-17(15)24)21-13-4-2-12(3-5-13)19-7-8-20-25/h2-5,10-11,19,21H,6-9,18H2,1H3. The SMILES string of the molecule is CN(CCN)C1=CC(=O)C(Nc2ccc(NCCN=O)cc2)=CC1=O. The Hall–Kier alpha value is -3.00. The summed E-state index contributed by atoms with van der Waals surface area (Å²) in [6, 6.07) is 7.16. The van der Waals surface area contributed by atoms with Crippen molar-refractivity contribution in [1.82, 2.24) is 4.90 Å². The third-order valence-electron chi connectivity index (χ3n) is 3.63. The average molecular weight is 343 g/mol. The van der Waals surface area contributed by atoms with Gasteiger partial charge in [-0.1, -0.05) is 5.18 Å². The van der Waals surface area contributed by atoms with Crippen molar-refractivity contribution in [2.45, 2.75) is 0 Å². The lowest BCUT2D eigenvalue weighted by atomic mass is 10.1. The zero-order chi connectivity index (χ0) is 18.2. The molecule has 1 aliphatic rings. The summed E-state index contributed by atoms with van der Waals surface area (Å²) in [6.07, 6.45) is 2.62. The fourth-order valence-corrected chi connectivity index (χ4v) is 2.33. The number of nitrogens with two attached hydrogens (primary N) is 1. The van der Waals surface area contributed by atoms with Crippen LogP contribution in [0.4, 0.5) is 11.4 Å². The van der Waals surface area contributed by atoms with E-state index in [1.807, 2.05) is 0 Å². The third-order valence-corrected chi connectivity index (χ3v) is 3.63. The van der Waals surface area contributed by atoms with Gasteiger partial charge in [0.05, 0.1) is 17.9 Å². The summed E-state index contributed by atoms with van der Waals surface area (Å²) in [5.41, 5.74) is 7.55. The van der Waals surface area contributed by atoms with Crippen LogP contribution in [-0.4, -0.2) is 49.7 Å². The molecule has 1 aliphatic carbocycles. The van der Waals surface area contributed by atoms with E-state index in [-0.39, 0.29) is 23.8 Å². The summed E-state index contributed by atoms with van der Waals surface area (Å²) in [4.78, 5) is 36.1. The van der Waals surface area contributed by atoms with Crippen molar-refractivity contribution in [3.05, 3.63) is 52.7 Å². The van der Waals surface area contributed by atoms with Crippen LogP contribution in [0.15, 0.2) is 53.0 Å². The molecule has 0 heterocycles. The first kappa shape index (κ1) is 18.3. The van der Waals surface area contributed by atoms with E-state index in [9.17, 15) is 14.5 Å². The summed E-state index contributed by atoms with van der Waals surface area (Å²) >= 11 is 0. The van der Waals surface area contributed by atoms with Crippen LogP contribution in [0.25, 0.3) is 0 Å². The van der Waals surface area contributed by atoms with E-state index < -0.39 is 0 Å². The zero-order valence-electron chi connectivity index (χ0n) is 14.0. The molecule has 0 atom stereocenters. The molecular formula is C17H21N5O3. The molecule has 0 bridgehead atoms. The third kappa shape index (κ3) is 4.98. The van der Waals surface area contributed by atoms with Gasteiger partial charge in [-0.25, -0.2) is 0 Å². The van der Waals surface area contributed by atoms with Crippen molar-refractivity contribution in [2.75, 3.05) is 43.9 Å². The minimum atomic E-state index is -0.266. The Bertz CT molecular complexity index is 709. The molecule has 25 heavy (non-hydrogen) atoms. The highest BCUT2D eigenvalue weighted by Crippen LogP contribution is 2.19. The van der Waals surface area contributed by atoms with E-state index in [2.05, 4.69) is 15.8 Å². The van der Waals surface area contributed by atoms with Crippen LogP contribution >= 0.6 is 0 Å². The number of allylic oxidation sites excluding steroid dienone is 2. The molecule has 0 fully saturated rings. The van der Waals surface area contributed by atoms with Gasteiger partial charge in [-0.3, -0.25) is 9.59 Å². The second kappa shape index (κ2) is 8.74. The van der Waals surface area contributed by atoms with Gasteiger partial charge in [0.1, 0.15) is 0 Å². The molecule has 2 rings (SSSR count). The predicted octanol–water partition coefficient (Wildman–Crippen LogP) is 1.09. The van der Waals surface area contributed by atoms with Gasteiger partial charge in [-0.05, 0) is 24.3 Å². The largest absolute Gasteiger partial charge is 0.383 e. The maximum atomic E-state index is 12.2. The number of nitroso groups, excluding NO2 is 1. The predicted molar refractivity (Wildman–Crippen MR) is 97.1 cm³/mol. The van der Waals surface area contributed by atoms with Crippen molar-refractivity contribution in [3.63, 3.8) is 0 Å². The molecule has 0 saturated heterocycles.